The van der Waals surface area contributed by atoms with Crippen LogP contribution in [0.3, 0.4) is 0 Å². The summed E-state index contributed by atoms with van der Waals surface area (Å²) in [7, 11) is 0. The van der Waals surface area contributed by atoms with Gasteiger partial charge in [-0.25, -0.2) is 0 Å². The van der Waals surface area contributed by atoms with Crippen LogP contribution in [0.15, 0.2) is 12.3 Å². The Balaban J connectivity index is 1.89. The molecule has 2 aliphatic rings. The molecule has 3 atom stereocenters. The van der Waals surface area contributed by atoms with Crippen LogP contribution in [0.25, 0.3) is 0 Å². The molecule has 21 heavy (non-hydrogen) atoms. The summed E-state index contributed by atoms with van der Waals surface area (Å²) in [6, 6.07) is 2.98. The van der Waals surface area contributed by atoms with Gasteiger partial charge in [0.1, 0.15) is 0 Å². The summed E-state index contributed by atoms with van der Waals surface area (Å²) in [5, 5.41) is 0. The average Bonchev–Trinajstić information content (AvgIpc) is 2.76. The van der Waals surface area contributed by atoms with Crippen LogP contribution >= 0.6 is 0 Å². The molecule has 0 aromatic carbocycles. The highest BCUT2D eigenvalue weighted by Gasteiger charge is 2.50. The van der Waals surface area contributed by atoms with Crippen molar-refractivity contribution in [2.75, 3.05) is 6.61 Å². The molecular weight excluding hydrogens is 260 g/mol. The topological polar surface area (TPSA) is 40.2 Å². The molecule has 1 aromatic heterocycles. The van der Waals surface area contributed by atoms with Gasteiger partial charge in [-0.3, -0.25) is 0 Å². The Morgan fingerprint density at radius 2 is 2.05 bits per heavy atom. The lowest BCUT2D eigenvalue weighted by atomic mass is 9.64. The number of nitrogens with zero attached hydrogens (tertiary/aromatic N) is 1. The van der Waals surface area contributed by atoms with Crippen LogP contribution in [-0.2, 0) is 11.2 Å². The Morgan fingerprint density at radius 1 is 1.33 bits per heavy atom. The standard InChI is InChI=1S/C18H30N2O/c1-6-21-16-9-15(18(16,4)5)20-8-7-12-13(19)10-17(2,3)11-14(12)20/h7-8,13,15-16H,6,9-11,19H2,1-5H3. The molecule has 1 heterocycles. The summed E-state index contributed by atoms with van der Waals surface area (Å²) in [4.78, 5) is 0. The molecule has 0 radical (unpaired) electrons. The van der Waals surface area contributed by atoms with E-state index in [1.165, 1.54) is 11.3 Å². The predicted octanol–water partition coefficient (Wildman–Crippen LogP) is 3.84. The summed E-state index contributed by atoms with van der Waals surface area (Å²) >= 11 is 0. The molecule has 3 heteroatoms. The van der Waals surface area contributed by atoms with Gasteiger partial charge >= 0.3 is 0 Å². The Hall–Kier alpha value is -0.800. The van der Waals surface area contributed by atoms with Gasteiger partial charge in [0.15, 0.2) is 0 Å². The molecule has 1 fully saturated rings. The molecule has 1 saturated carbocycles. The fraction of sp³-hybridized carbons (Fsp3) is 0.778. The second-order valence-electron chi connectivity index (χ2n) is 8.29. The van der Waals surface area contributed by atoms with Crippen LogP contribution in [0.5, 0.6) is 0 Å². The van der Waals surface area contributed by atoms with Crippen LogP contribution < -0.4 is 5.73 Å². The smallest absolute Gasteiger partial charge is 0.0665 e. The van der Waals surface area contributed by atoms with Crippen molar-refractivity contribution in [2.45, 2.75) is 72.1 Å². The number of hydrogen-bond acceptors (Lipinski definition) is 2. The summed E-state index contributed by atoms with van der Waals surface area (Å²) in [5.41, 5.74) is 9.73. The molecule has 2 N–H and O–H groups in total. The quantitative estimate of drug-likeness (QED) is 0.919. The predicted molar refractivity (Wildman–Crippen MR) is 86.3 cm³/mol. The Bertz CT molecular complexity index is 529. The van der Waals surface area contributed by atoms with Crippen molar-refractivity contribution < 1.29 is 4.74 Å². The first-order valence-electron chi connectivity index (χ1n) is 8.33. The van der Waals surface area contributed by atoms with E-state index in [1.807, 2.05) is 0 Å². The van der Waals surface area contributed by atoms with Gasteiger partial charge in [-0.05, 0) is 43.2 Å². The van der Waals surface area contributed by atoms with Gasteiger partial charge < -0.3 is 15.0 Å². The molecule has 0 amide bonds. The minimum absolute atomic E-state index is 0.191. The van der Waals surface area contributed by atoms with Crippen molar-refractivity contribution in [3.63, 3.8) is 0 Å². The lowest BCUT2D eigenvalue weighted by Crippen LogP contribution is -2.52. The maximum Gasteiger partial charge on any atom is 0.0665 e. The first-order chi connectivity index (χ1) is 9.76. The Morgan fingerprint density at radius 3 is 2.67 bits per heavy atom. The van der Waals surface area contributed by atoms with E-state index in [-0.39, 0.29) is 11.5 Å². The number of fused-ring (bicyclic) bond motifs is 1. The average molecular weight is 290 g/mol. The van der Waals surface area contributed by atoms with Crippen molar-refractivity contribution in [1.29, 1.82) is 0 Å². The molecule has 3 unspecified atom stereocenters. The first kappa shape index (κ1) is 15.1. The highest BCUT2D eigenvalue weighted by molar-refractivity contribution is 5.31. The second kappa shape index (κ2) is 4.85. The lowest BCUT2D eigenvalue weighted by molar-refractivity contribution is -0.128. The third-order valence-electron chi connectivity index (χ3n) is 5.71. The van der Waals surface area contributed by atoms with Crippen LogP contribution in [-0.4, -0.2) is 17.3 Å². The molecule has 0 saturated heterocycles. The lowest BCUT2D eigenvalue weighted by Gasteiger charge is -2.53. The van der Waals surface area contributed by atoms with Crippen LogP contribution in [0, 0.1) is 10.8 Å². The van der Waals surface area contributed by atoms with E-state index in [0.29, 0.717) is 17.6 Å². The number of ether oxygens (including phenoxy) is 1. The highest BCUT2D eigenvalue weighted by Crippen LogP contribution is 2.53. The largest absolute Gasteiger partial charge is 0.378 e. The van der Waals surface area contributed by atoms with E-state index in [4.69, 9.17) is 10.5 Å². The maximum atomic E-state index is 6.40. The summed E-state index contributed by atoms with van der Waals surface area (Å²) in [6.45, 7) is 12.2. The van der Waals surface area contributed by atoms with Gasteiger partial charge in [0, 0.05) is 36.0 Å². The van der Waals surface area contributed by atoms with Gasteiger partial charge in [0.25, 0.3) is 0 Å². The molecule has 1 aromatic rings. The van der Waals surface area contributed by atoms with Gasteiger partial charge in [0.05, 0.1) is 6.10 Å². The van der Waals surface area contributed by atoms with E-state index < -0.39 is 0 Å². The van der Waals surface area contributed by atoms with Crippen molar-refractivity contribution in [2.24, 2.45) is 16.6 Å². The number of nitrogens with two attached hydrogens (primary N) is 1. The molecule has 0 spiro atoms. The Labute approximate surface area is 128 Å². The maximum absolute atomic E-state index is 6.40. The number of hydrogen-bond donors (Lipinski definition) is 1. The van der Waals surface area contributed by atoms with E-state index >= 15 is 0 Å². The van der Waals surface area contributed by atoms with Crippen molar-refractivity contribution in [3.05, 3.63) is 23.5 Å². The molecule has 0 bridgehead atoms. The van der Waals surface area contributed by atoms with Gasteiger partial charge in [0.2, 0.25) is 0 Å². The van der Waals surface area contributed by atoms with Crippen molar-refractivity contribution >= 4 is 0 Å². The van der Waals surface area contributed by atoms with Crippen LogP contribution in [0.4, 0.5) is 0 Å². The molecule has 118 valence electrons. The second-order valence-corrected chi connectivity index (χ2v) is 8.29. The summed E-state index contributed by atoms with van der Waals surface area (Å²) in [5.74, 6) is 0. The fourth-order valence-electron chi connectivity index (χ4n) is 4.37. The third kappa shape index (κ3) is 2.35. The summed E-state index contributed by atoms with van der Waals surface area (Å²) < 4.78 is 8.40. The zero-order valence-electron chi connectivity index (χ0n) is 14.1. The zero-order chi connectivity index (χ0) is 15.4. The van der Waals surface area contributed by atoms with Crippen molar-refractivity contribution in [1.82, 2.24) is 4.57 Å². The monoisotopic (exact) mass is 290 g/mol. The van der Waals surface area contributed by atoms with Gasteiger partial charge in [-0.1, -0.05) is 27.7 Å². The molecule has 2 aliphatic carbocycles. The Kier molecular flexibility index (Phi) is 3.49. The van der Waals surface area contributed by atoms with Gasteiger partial charge in [-0.2, -0.15) is 0 Å². The minimum atomic E-state index is 0.191. The van der Waals surface area contributed by atoms with E-state index in [0.717, 1.165) is 25.9 Å². The number of aromatic nitrogens is 1. The molecule has 3 rings (SSSR count). The minimum Gasteiger partial charge on any atom is -0.378 e. The summed E-state index contributed by atoms with van der Waals surface area (Å²) in [6.07, 6.45) is 5.99. The molecule has 3 nitrogen and oxygen atoms in total. The van der Waals surface area contributed by atoms with E-state index in [9.17, 15) is 0 Å². The molecular formula is C18H30N2O. The van der Waals surface area contributed by atoms with Crippen LogP contribution in [0.1, 0.15) is 70.8 Å². The third-order valence-corrected chi connectivity index (χ3v) is 5.71. The van der Waals surface area contributed by atoms with E-state index in [1.54, 1.807) is 0 Å². The fourth-order valence-corrected chi connectivity index (χ4v) is 4.37. The van der Waals surface area contributed by atoms with E-state index in [2.05, 4.69) is 51.4 Å². The SMILES string of the molecule is CCOC1CC(n2ccc3c2CC(C)(C)CC3N)C1(C)C. The van der Waals surface area contributed by atoms with Crippen molar-refractivity contribution in [3.8, 4) is 0 Å². The highest BCUT2D eigenvalue weighted by atomic mass is 16.5. The zero-order valence-corrected chi connectivity index (χ0v) is 14.1. The normalized spacial score (nSPS) is 33.3. The number of rotatable bonds is 3. The molecule has 0 aliphatic heterocycles. The van der Waals surface area contributed by atoms with Gasteiger partial charge in [-0.15, -0.1) is 0 Å². The first-order valence-corrected chi connectivity index (χ1v) is 8.33. The van der Waals surface area contributed by atoms with Crippen LogP contribution in [0.2, 0.25) is 0 Å².